The van der Waals surface area contributed by atoms with Crippen LogP contribution in [-0.2, 0) is 6.42 Å². The first-order valence-electron chi connectivity index (χ1n) is 6.60. The maximum Gasteiger partial charge on any atom is 0.319 e. The average Bonchev–Trinajstić information content (AvgIpc) is 2.44. The summed E-state index contributed by atoms with van der Waals surface area (Å²) in [5.74, 6) is 0. The van der Waals surface area contributed by atoms with Gasteiger partial charge in [-0.15, -0.1) is 0 Å². The summed E-state index contributed by atoms with van der Waals surface area (Å²) in [7, 11) is 0. The topological polar surface area (TPSA) is 41.1 Å². The lowest BCUT2D eigenvalue weighted by atomic mass is 10.1. The number of hydrogen-bond acceptors (Lipinski definition) is 1. The van der Waals surface area contributed by atoms with E-state index in [0.717, 1.165) is 26.3 Å². The molecule has 0 saturated carbocycles. The molecule has 5 heteroatoms. The van der Waals surface area contributed by atoms with E-state index < -0.39 is 0 Å². The van der Waals surface area contributed by atoms with Crippen molar-refractivity contribution in [1.29, 1.82) is 0 Å². The molecule has 0 atom stereocenters. The molecule has 2 rings (SSSR count). The fraction of sp³-hybridized carbons (Fsp3) is 0.188. The molecule has 0 aliphatic carbocycles. The largest absolute Gasteiger partial charge is 0.338 e. The number of anilines is 1. The Bertz CT molecular complexity index is 646. The van der Waals surface area contributed by atoms with Crippen LogP contribution >= 0.6 is 27.5 Å². The number of nitrogens with one attached hydrogen (secondary N) is 2. The monoisotopic (exact) mass is 366 g/mol. The van der Waals surface area contributed by atoms with Crippen LogP contribution in [-0.4, -0.2) is 12.6 Å². The van der Waals surface area contributed by atoms with Crippen LogP contribution in [0.25, 0.3) is 0 Å². The van der Waals surface area contributed by atoms with Gasteiger partial charge in [-0.05, 0) is 58.6 Å². The van der Waals surface area contributed by atoms with Crippen LogP contribution in [0.5, 0.6) is 0 Å². The number of aryl methyl sites for hydroxylation is 1. The van der Waals surface area contributed by atoms with E-state index in [9.17, 15) is 4.79 Å². The summed E-state index contributed by atoms with van der Waals surface area (Å²) in [6, 6.07) is 13.2. The summed E-state index contributed by atoms with van der Waals surface area (Å²) < 4.78 is 0.865. The minimum Gasteiger partial charge on any atom is -0.338 e. The fourth-order valence-electron chi connectivity index (χ4n) is 1.90. The van der Waals surface area contributed by atoms with Gasteiger partial charge in [0.15, 0.2) is 0 Å². The molecule has 0 radical (unpaired) electrons. The molecule has 110 valence electrons. The van der Waals surface area contributed by atoms with E-state index in [2.05, 4.69) is 26.6 Å². The highest BCUT2D eigenvalue weighted by Gasteiger charge is 2.05. The van der Waals surface area contributed by atoms with E-state index >= 15 is 0 Å². The number of amides is 2. The number of rotatable bonds is 4. The van der Waals surface area contributed by atoms with Crippen LogP contribution < -0.4 is 10.6 Å². The van der Waals surface area contributed by atoms with Gasteiger partial charge >= 0.3 is 6.03 Å². The number of halogens is 2. The molecule has 0 unspecified atom stereocenters. The highest BCUT2D eigenvalue weighted by molar-refractivity contribution is 9.10. The zero-order chi connectivity index (χ0) is 15.2. The van der Waals surface area contributed by atoms with E-state index in [4.69, 9.17) is 11.6 Å². The summed E-state index contributed by atoms with van der Waals surface area (Å²) >= 11 is 9.50. The van der Waals surface area contributed by atoms with Gasteiger partial charge < -0.3 is 10.6 Å². The van der Waals surface area contributed by atoms with Crippen molar-refractivity contribution < 1.29 is 4.79 Å². The third kappa shape index (κ3) is 4.76. The molecule has 0 aliphatic rings. The van der Waals surface area contributed by atoms with E-state index in [1.54, 1.807) is 0 Å². The van der Waals surface area contributed by atoms with Gasteiger partial charge in [0.1, 0.15) is 0 Å². The Balaban J connectivity index is 1.84. The van der Waals surface area contributed by atoms with Gasteiger partial charge in [-0.25, -0.2) is 4.79 Å². The number of benzene rings is 2. The minimum absolute atomic E-state index is 0.230. The van der Waals surface area contributed by atoms with Crippen LogP contribution in [0.15, 0.2) is 46.9 Å². The van der Waals surface area contributed by atoms with Crippen molar-refractivity contribution in [3.63, 3.8) is 0 Å². The first-order chi connectivity index (χ1) is 10.1. The molecule has 0 spiro atoms. The first kappa shape index (κ1) is 15.9. The Labute approximate surface area is 137 Å². The van der Waals surface area contributed by atoms with E-state index in [-0.39, 0.29) is 6.03 Å². The first-order valence-corrected chi connectivity index (χ1v) is 7.78. The van der Waals surface area contributed by atoms with Crippen LogP contribution in [0.1, 0.15) is 11.1 Å². The molecule has 2 aromatic carbocycles. The molecule has 0 heterocycles. The van der Waals surface area contributed by atoms with Crippen molar-refractivity contribution in [3.05, 3.63) is 63.1 Å². The molecule has 0 aromatic heterocycles. The fourth-order valence-corrected chi connectivity index (χ4v) is 2.72. The smallest absolute Gasteiger partial charge is 0.319 e. The van der Waals surface area contributed by atoms with Crippen molar-refractivity contribution in [2.75, 3.05) is 11.9 Å². The molecular weight excluding hydrogens is 352 g/mol. The van der Waals surface area contributed by atoms with Crippen molar-refractivity contribution >= 4 is 39.2 Å². The maximum absolute atomic E-state index is 11.8. The Morgan fingerprint density at radius 2 is 2.00 bits per heavy atom. The quantitative estimate of drug-likeness (QED) is 0.802. The van der Waals surface area contributed by atoms with Gasteiger partial charge in [0, 0.05) is 16.0 Å². The molecular formula is C16H16BrClN2O. The standard InChI is InChI=1S/C16H16BrClN2O/c1-11-6-7-15(13(17)10-11)20-16(21)19-9-8-12-4-2-3-5-14(12)18/h2-7,10H,8-9H2,1H3,(H2,19,20,21). The number of carbonyl (C=O) groups excluding carboxylic acids is 1. The predicted octanol–water partition coefficient (Wildman–Crippen LogP) is 4.78. The summed E-state index contributed by atoms with van der Waals surface area (Å²) in [4.78, 5) is 11.8. The Morgan fingerprint density at radius 1 is 1.24 bits per heavy atom. The van der Waals surface area contributed by atoms with Gasteiger partial charge in [0.05, 0.1) is 5.69 Å². The Kier molecular flexibility index (Phi) is 5.65. The van der Waals surface area contributed by atoms with Crippen molar-refractivity contribution in [1.82, 2.24) is 5.32 Å². The Hall–Kier alpha value is -1.52. The predicted molar refractivity (Wildman–Crippen MR) is 91.1 cm³/mol. The summed E-state index contributed by atoms with van der Waals surface area (Å²) in [5.41, 5.74) is 2.90. The van der Waals surface area contributed by atoms with Crippen molar-refractivity contribution in [2.24, 2.45) is 0 Å². The molecule has 0 aliphatic heterocycles. The van der Waals surface area contributed by atoms with E-state index in [0.29, 0.717) is 13.0 Å². The molecule has 0 fully saturated rings. The summed E-state index contributed by atoms with van der Waals surface area (Å²) in [6.07, 6.45) is 0.697. The zero-order valence-electron chi connectivity index (χ0n) is 11.6. The Morgan fingerprint density at radius 3 is 2.71 bits per heavy atom. The molecule has 3 nitrogen and oxygen atoms in total. The van der Waals surface area contributed by atoms with Gasteiger partial charge in [0.25, 0.3) is 0 Å². The van der Waals surface area contributed by atoms with E-state index in [1.165, 1.54) is 0 Å². The SMILES string of the molecule is Cc1ccc(NC(=O)NCCc2ccccc2Cl)c(Br)c1. The number of hydrogen-bond donors (Lipinski definition) is 2. The van der Waals surface area contributed by atoms with Gasteiger partial charge in [0.2, 0.25) is 0 Å². The number of carbonyl (C=O) groups is 1. The molecule has 0 bridgehead atoms. The molecule has 21 heavy (non-hydrogen) atoms. The highest BCUT2D eigenvalue weighted by Crippen LogP contribution is 2.23. The maximum atomic E-state index is 11.8. The van der Waals surface area contributed by atoms with Gasteiger partial charge in [-0.1, -0.05) is 35.9 Å². The second-order valence-corrected chi connectivity index (χ2v) is 5.97. The average molecular weight is 368 g/mol. The van der Waals surface area contributed by atoms with Crippen LogP contribution in [0.2, 0.25) is 5.02 Å². The van der Waals surface area contributed by atoms with Crippen LogP contribution in [0.3, 0.4) is 0 Å². The summed E-state index contributed by atoms with van der Waals surface area (Å²) in [6.45, 7) is 2.53. The molecule has 2 amide bonds. The van der Waals surface area contributed by atoms with Crippen molar-refractivity contribution in [3.8, 4) is 0 Å². The second-order valence-electron chi connectivity index (χ2n) is 4.71. The third-order valence-electron chi connectivity index (χ3n) is 3.01. The van der Waals surface area contributed by atoms with Crippen LogP contribution in [0, 0.1) is 6.92 Å². The normalized spacial score (nSPS) is 10.2. The minimum atomic E-state index is -0.230. The van der Waals surface area contributed by atoms with E-state index in [1.807, 2.05) is 49.4 Å². The van der Waals surface area contributed by atoms with Crippen LogP contribution in [0.4, 0.5) is 10.5 Å². The second kappa shape index (κ2) is 7.48. The lowest BCUT2D eigenvalue weighted by Gasteiger charge is -2.10. The van der Waals surface area contributed by atoms with Gasteiger partial charge in [-0.2, -0.15) is 0 Å². The van der Waals surface area contributed by atoms with Crippen molar-refractivity contribution in [2.45, 2.75) is 13.3 Å². The third-order valence-corrected chi connectivity index (χ3v) is 4.04. The molecule has 2 N–H and O–H groups in total. The number of urea groups is 1. The molecule has 2 aromatic rings. The zero-order valence-corrected chi connectivity index (χ0v) is 14.0. The van der Waals surface area contributed by atoms with Gasteiger partial charge in [-0.3, -0.25) is 0 Å². The lowest BCUT2D eigenvalue weighted by molar-refractivity contribution is 0.252. The molecule has 0 saturated heterocycles. The lowest BCUT2D eigenvalue weighted by Crippen LogP contribution is -2.30. The summed E-state index contributed by atoms with van der Waals surface area (Å²) in [5, 5.41) is 6.35. The highest BCUT2D eigenvalue weighted by atomic mass is 79.9.